The lowest BCUT2D eigenvalue weighted by Crippen LogP contribution is -2.36. The van der Waals surface area contributed by atoms with Crippen LogP contribution in [0.5, 0.6) is 5.75 Å². The molecule has 0 spiro atoms. The Balaban J connectivity index is 1.63. The topological polar surface area (TPSA) is 81.3 Å². The minimum absolute atomic E-state index is 0.118. The molecule has 1 atom stereocenters. The number of benzene rings is 1. The van der Waals surface area contributed by atoms with Crippen LogP contribution in [0.15, 0.2) is 24.5 Å². The zero-order valence-electron chi connectivity index (χ0n) is 14.4. The number of carbonyl (C=O) groups is 1. The van der Waals surface area contributed by atoms with E-state index in [9.17, 15) is 9.18 Å². The molecule has 0 bridgehead atoms. The van der Waals surface area contributed by atoms with Gasteiger partial charge in [-0.15, -0.1) is 0 Å². The van der Waals surface area contributed by atoms with Crippen molar-refractivity contribution in [3.8, 4) is 17.0 Å². The van der Waals surface area contributed by atoms with Crippen molar-refractivity contribution in [1.82, 2.24) is 14.9 Å². The predicted octanol–water partition coefficient (Wildman–Crippen LogP) is 2.17. The number of piperidine rings is 1. The summed E-state index contributed by atoms with van der Waals surface area (Å²) in [6.45, 7) is 1.83. The number of ether oxygens (including phenoxy) is 1. The average molecular weight is 356 g/mol. The molecular weight excluding hydrogens is 335 g/mol. The maximum Gasteiger partial charge on any atom is 0.274 e. The normalized spacial score (nSPS) is 19.2. The lowest BCUT2D eigenvalue weighted by molar-refractivity contribution is 0.0718. The van der Waals surface area contributed by atoms with Gasteiger partial charge in [-0.2, -0.15) is 0 Å². The summed E-state index contributed by atoms with van der Waals surface area (Å²) < 4.78 is 19.9. The van der Waals surface area contributed by atoms with Gasteiger partial charge in [-0.05, 0) is 31.4 Å². The number of halogens is 1. The first kappa shape index (κ1) is 16.9. The van der Waals surface area contributed by atoms with Crippen LogP contribution in [0.3, 0.4) is 0 Å². The molecule has 1 aromatic heterocycles. The van der Waals surface area contributed by atoms with E-state index in [4.69, 9.17) is 10.5 Å². The summed E-state index contributed by atoms with van der Waals surface area (Å²) in [4.78, 5) is 23.0. The van der Waals surface area contributed by atoms with E-state index < -0.39 is 5.82 Å². The number of nitrogens with two attached hydrogens (primary N) is 1. The molecule has 1 saturated heterocycles. The maximum absolute atomic E-state index is 14.4. The average Bonchev–Trinajstić information content (AvgIpc) is 3.12. The smallest absolute Gasteiger partial charge is 0.274 e. The van der Waals surface area contributed by atoms with Crippen molar-refractivity contribution < 1.29 is 13.9 Å². The van der Waals surface area contributed by atoms with Crippen molar-refractivity contribution in [2.45, 2.75) is 31.8 Å². The molecule has 7 heteroatoms. The number of hydrogen-bond donors (Lipinski definition) is 1. The number of hydrogen-bond acceptors (Lipinski definition) is 5. The summed E-state index contributed by atoms with van der Waals surface area (Å²) in [5.41, 5.74) is 7.75. The SMILES string of the molecule is NC[C@H]1Cc2cc(-c3cncc(C(=O)N4CCCCC4)n3)cc(F)c2O1. The Labute approximate surface area is 151 Å². The second-order valence-corrected chi connectivity index (χ2v) is 6.77. The van der Waals surface area contributed by atoms with E-state index in [1.165, 1.54) is 12.3 Å². The van der Waals surface area contributed by atoms with Crippen molar-refractivity contribution in [3.05, 3.63) is 41.6 Å². The van der Waals surface area contributed by atoms with Crippen LogP contribution in [0.2, 0.25) is 0 Å². The Morgan fingerprint density at radius 2 is 2.08 bits per heavy atom. The van der Waals surface area contributed by atoms with E-state index in [1.807, 2.05) is 6.07 Å². The van der Waals surface area contributed by atoms with E-state index >= 15 is 0 Å². The van der Waals surface area contributed by atoms with E-state index in [1.54, 1.807) is 11.1 Å². The zero-order chi connectivity index (χ0) is 18.1. The van der Waals surface area contributed by atoms with Crippen molar-refractivity contribution in [1.29, 1.82) is 0 Å². The van der Waals surface area contributed by atoms with E-state index in [-0.39, 0.29) is 17.8 Å². The standard InChI is InChI=1S/C19H21FN4O2/c20-15-8-12(6-13-7-14(9-21)26-18(13)15)16-10-22-11-17(23-16)19(25)24-4-2-1-3-5-24/h6,8,10-11,14H,1-5,7,9,21H2/t14-/m1/s1. The molecule has 2 aromatic rings. The first-order valence-electron chi connectivity index (χ1n) is 8.96. The lowest BCUT2D eigenvalue weighted by Gasteiger charge is -2.26. The largest absolute Gasteiger partial charge is 0.485 e. The molecule has 3 heterocycles. The summed E-state index contributed by atoms with van der Waals surface area (Å²) in [5.74, 6) is -0.298. The van der Waals surface area contributed by atoms with Crippen LogP contribution in [-0.2, 0) is 6.42 Å². The molecule has 1 amide bonds. The second-order valence-electron chi connectivity index (χ2n) is 6.77. The quantitative estimate of drug-likeness (QED) is 0.911. The van der Waals surface area contributed by atoms with Crippen LogP contribution < -0.4 is 10.5 Å². The first-order chi connectivity index (χ1) is 12.7. The van der Waals surface area contributed by atoms with E-state index in [2.05, 4.69) is 9.97 Å². The lowest BCUT2D eigenvalue weighted by atomic mass is 10.0. The minimum Gasteiger partial charge on any atom is -0.485 e. The summed E-state index contributed by atoms with van der Waals surface area (Å²) in [6, 6.07) is 3.21. The molecule has 0 aliphatic carbocycles. The number of aromatic nitrogens is 2. The predicted molar refractivity (Wildman–Crippen MR) is 94.4 cm³/mol. The third-order valence-electron chi connectivity index (χ3n) is 4.91. The summed E-state index contributed by atoms with van der Waals surface area (Å²) in [6.07, 6.45) is 6.55. The number of likely N-dealkylation sites (tertiary alicyclic amines) is 1. The van der Waals surface area contributed by atoms with Crippen LogP contribution in [0.4, 0.5) is 4.39 Å². The van der Waals surface area contributed by atoms with Gasteiger partial charge in [0.1, 0.15) is 11.8 Å². The highest BCUT2D eigenvalue weighted by Gasteiger charge is 2.26. The molecule has 1 aromatic carbocycles. The second kappa shape index (κ2) is 6.99. The fourth-order valence-corrected chi connectivity index (χ4v) is 3.53. The van der Waals surface area contributed by atoms with Gasteiger partial charge in [0.25, 0.3) is 5.91 Å². The highest BCUT2D eigenvalue weighted by atomic mass is 19.1. The number of rotatable bonds is 3. The van der Waals surface area contributed by atoms with Gasteiger partial charge in [-0.25, -0.2) is 9.37 Å². The third-order valence-corrected chi connectivity index (χ3v) is 4.91. The van der Waals surface area contributed by atoms with Gasteiger partial charge in [-0.1, -0.05) is 0 Å². The highest BCUT2D eigenvalue weighted by Crippen LogP contribution is 2.35. The van der Waals surface area contributed by atoms with Crippen LogP contribution in [0, 0.1) is 5.82 Å². The number of amides is 1. The van der Waals surface area contributed by atoms with E-state index in [0.717, 1.165) is 37.9 Å². The molecule has 4 rings (SSSR count). The molecule has 0 saturated carbocycles. The summed E-state index contributed by atoms with van der Waals surface area (Å²) in [5, 5.41) is 0. The Morgan fingerprint density at radius 1 is 1.27 bits per heavy atom. The minimum atomic E-state index is -0.442. The third kappa shape index (κ3) is 3.14. The van der Waals surface area contributed by atoms with Crippen molar-refractivity contribution in [2.75, 3.05) is 19.6 Å². The van der Waals surface area contributed by atoms with Gasteiger partial charge in [0.15, 0.2) is 11.6 Å². The fraction of sp³-hybridized carbons (Fsp3) is 0.421. The maximum atomic E-state index is 14.4. The van der Waals surface area contributed by atoms with Crippen LogP contribution in [0.25, 0.3) is 11.3 Å². The summed E-state index contributed by atoms with van der Waals surface area (Å²) in [7, 11) is 0. The number of fused-ring (bicyclic) bond motifs is 1. The van der Waals surface area contributed by atoms with Gasteiger partial charge < -0.3 is 15.4 Å². The molecule has 2 N–H and O–H groups in total. The Morgan fingerprint density at radius 3 is 2.85 bits per heavy atom. The number of nitrogens with zero attached hydrogens (tertiary/aromatic N) is 3. The Hall–Kier alpha value is -2.54. The van der Waals surface area contributed by atoms with E-state index in [0.29, 0.717) is 29.9 Å². The van der Waals surface area contributed by atoms with Gasteiger partial charge in [0.2, 0.25) is 0 Å². The van der Waals surface area contributed by atoms with Crippen LogP contribution in [0.1, 0.15) is 35.3 Å². The zero-order valence-corrected chi connectivity index (χ0v) is 14.4. The van der Waals surface area contributed by atoms with Gasteiger partial charge in [0, 0.05) is 37.2 Å². The van der Waals surface area contributed by atoms with Crippen molar-refractivity contribution >= 4 is 5.91 Å². The Bertz CT molecular complexity index is 836. The number of carbonyl (C=O) groups excluding carboxylic acids is 1. The molecular formula is C19H21FN4O2. The summed E-state index contributed by atoms with van der Waals surface area (Å²) >= 11 is 0. The van der Waals surface area contributed by atoms with Crippen LogP contribution >= 0.6 is 0 Å². The fourth-order valence-electron chi connectivity index (χ4n) is 3.53. The molecule has 0 radical (unpaired) electrons. The molecule has 1 fully saturated rings. The molecule has 136 valence electrons. The van der Waals surface area contributed by atoms with Gasteiger partial charge in [-0.3, -0.25) is 9.78 Å². The van der Waals surface area contributed by atoms with Crippen molar-refractivity contribution in [3.63, 3.8) is 0 Å². The first-order valence-corrected chi connectivity index (χ1v) is 8.96. The highest BCUT2D eigenvalue weighted by molar-refractivity contribution is 5.92. The van der Waals surface area contributed by atoms with Gasteiger partial charge in [0.05, 0.1) is 18.1 Å². The monoisotopic (exact) mass is 356 g/mol. The molecule has 0 unspecified atom stereocenters. The molecule has 2 aliphatic rings. The molecule has 2 aliphatic heterocycles. The van der Waals surface area contributed by atoms with Crippen LogP contribution in [-0.4, -0.2) is 46.5 Å². The van der Waals surface area contributed by atoms with Gasteiger partial charge >= 0.3 is 0 Å². The molecule has 26 heavy (non-hydrogen) atoms. The van der Waals surface area contributed by atoms with Crippen molar-refractivity contribution in [2.24, 2.45) is 5.73 Å². The Kier molecular flexibility index (Phi) is 4.55. The molecule has 6 nitrogen and oxygen atoms in total.